The highest BCUT2D eigenvalue weighted by atomic mass is 32.2. The number of nitrogens with zero attached hydrogens (tertiary/aromatic N) is 4. The van der Waals surface area contributed by atoms with Crippen molar-refractivity contribution in [2.24, 2.45) is 5.92 Å². The number of fused-ring (bicyclic) bond motifs is 3. The Morgan fingerprint density at radius 2 is 1.94 bits per heavy atom. The number of benzene rings is 2. The van der Waals surface area contributed by atoms with E-state index >= 15 is 0 Å². The molecule has 6 rings (SSSR count). The van der Waals surface area contributed by atoms with Crippen molar-refractivity contribution in [2.75, 3.05) is 0 Å². The molecule has 3 aromatic heterocycles. The number of rotatable bonds is 5. The van der Waals surface area contributed by atoms with Gasteiger partial charge >= 0.3 is 0 Å². The van der Waals surface area contributed by atoms with Crippen molar-refractivity contribution in [3.63, 3.8) is 0 Å². The van der Waals surface area contributed by atoms with E-state index in [1.54, 1.807) is 29.5 Å². The van der Waals surface area contributed by atoms with Crippen molar-refractivity contribution < 1.29 is 8.81 Å². The summed E-state index contributed by atoms with van der Waals surface area (Å²) >= 11 is 2.86. The second-order valence-electron chi connectivity index (χ2n) is 8.67. The van der Waals surface area contributed by atoms with E-state index in [2.05, 4.69) is 17.1 Å². The molecule has 2 aromatic carbocycles. The Bertz CT molecular complexity index is 1590. The summed E-state index contributed by atoms with van der Waals surface area (Å²) in [6, 6.07) is 15.8. The molecule has 1 aliphatic carbocycles. The summed E-state index contributed by atoms with van der Waals surface area (Å²) in [5, 5.41) is 9.31. The lowest BCUT2D eigenvalue weighted by Gasteiger charge is -2.18. The second kappa shape index (κ2) is 9.05. The van der Waals surface area contributed by atoms with Gasteiger partial charge in [0.2, 0.25) is 11.8 Å². The van der Waals surface area contributed by atoms with Gasteiger partial charge in [0.05, 0.1) is 16.8 Å². The van der Waals surface area contributed by atoms with Crippen LogP contribution in [0.25, 0.3) is 27.4 Å². The standard InChI is InChI=1S/C26H21FN4O2S2/c1-15-11-12-17-20(13-15)35-24-22(17)25(32)31(19-10-6-5-9-18(19)27)26(28-24)34-14-21-29-30-23(33-21)16-7-3-2-4-8-16/h2-10,15H,11-14H2,1H3. The Hall–Kier alpha value is -3.30. The summed E-state index contributed by atoms with van der Waals surface area (Å²) in [6.45, 7) is 2.23. The van der Waals surface area contributed by atoms with Gasteiger partial charge in [-0.15, -0.1) is 21.5 Å². The fourth-order valence-corrected chi connectivity index (χ4v) is 6.72. The highest BCUT2D eigenvalue weighted by molar-refractivity contribution is 7.98. The lowest BCUT2D eigenvalue weighted by molar-refractivity contribution is 0.509. The van der Waals surface area contributed by atoms with Crippen LogP contribution in [0.4, 0.5) is 4.39 Å². The summed E-state index contributed by atoms with van der Waals surface area (Å²) in [5.74, 6) is 1.24. The second-order valence-corrected chi connectivity index (χ2v) is 10.7. The van der Waals surface area contributed by atoms with Gasteiger partial charge in [-0.25, -0.2) is 9.37 Å². The molecular weight excluding hydrogens is 483 g/mol. The Morgan fingerprint density at radius 3 is 2.77 bits per heavy atom. The summed E-state index contributed by atoms with van der Waals surface area (Å²) in [4.78, 5) is 20.6. The van der Waals surface area contributed by atoms with Gasteiger partial charge in [0.1, 0.15) is 10.6 Å². The predicted molar refractivity (Wildman–Crippen MR) is 136 cm³/mol. The van der Waals surface area contributed by atoms with Gasteiger partial charge < -0.3 is 4.42 Å². The first-order valence-corrected chi connectivity index (χ1v) is 13.2. The van der Waals surface area contributed by atoms with Gasteiger partial charge in [0, 0.05) is 10.4 Å². The number of para-hydroxylation sites is 1. The molecular formula is C26H21FN4O2S2. The molecule has 1 aliphatic rings. The monoisotopic (exact) mass is 504 g/mol. The van der Waals surface area contributed by atoms with Crippen molar-refractivity contribution >= 4 is 33.3 Å². The molecule has 35 heavy (non-hydrogen) atoms. The number of halogens is 1. The van der Waals surface area contributed by atoms with E-state index in [0.29, 0.717) is 38.8 Å². The van der Waals surface area contributed by atoms with Gasteiger partial charge in [-0.05, 0) is 55.0 Å². The van der Waals surface area contributed by atoms with E-state index in [0.717, 1.165) is 30.4 Å². The van der Waals surface area contributed by atoms with Crippen molar-refractivity contribution in [1.82, 2.24) is 19.7 Å². The molecule has 9 heteroatoms. The minimum atomic E-state index is -0.473. The summed E-state index contributed by atoms with van der Waals surface area (Å²) in [7, 11) is 0. The average molecular weight is 505 g/mol. The van der Waals surface area contributed by atoms with Crippen LogP contribution < -0.4 is 5.56 Å². The van der Waals surface area contributed by atoms with Crippen molar-refractivity contribution in [2.45, 2.75) is 37.1 Å². The SMILES string of the molecule is CC1CCc2c(sc3nc(SCc4nnc(-c5ccccc5)o4)n(-c4ccccc4F)c(=O)c23)C1. The smallest absolute Gasteiger partial charge is 0.267 e. The highest BCUT2D eigenvalue weighted by Gasteiger charge is 2.26. The van der Waals surface area contributed by atoms with E-state index in [1.165, 1.54) is 27.3 Å². The molecule has 1 unspecified atom stereocenters. The van der Waals surface area contributed by atoms with E-state index < -0.39 is 5.82 Å². The highest BCUT2D eigenvalue weighted by Crippen LogP contribution is 2.37. The summed E-state index contributed by atoms with van der Waals surface area (Å²) in [6.07, 6.45) is 2.83. The predicted octanol–water partition coefficient (Wildman–Crippen LogP) is 6.05. The average Bonchev–Trinajstić information content (AvgIpc) is 3.48. The van der Waals surface area contributed by atoms with Gasteiger partial charge in [-0.2, -0.15) is 0 Å². The number of hydrogen-bond donors (Lipinski definition) is 0. The number of aryl methyl sites for hydroxylation is 1. The van der Waals surface area contributed by atoms with Crippen LogP contribution in [0.3, 0.4) is 0 Å². The largest absolute Gasteiger partial charge is 0.420 e. The molecule has 5 aromatic rings. The van der Waals surface area contributed by atoms with Crippen LogP contribution in [-0.2, 0) is 18.6 Å². The van der Waals surface area contributed by atoms with E-state index in [9.17, 15) is 9.18 Å². The van der Waals surface area contributed by atoms with Gasteiger partial charge in [-0.3, -0.25) is 9.36 Å². The Morgan fingerprint density at radius 1 is 1.14 bits per heavy atom. The molecule has 0 fully saturated rings. The Labute approximate surface area is 208 Å². The van der Waals surface area contributed by atoms with Crippen LogP contribution in [0.1, 0.15) is 29.7 Å². The first kappa shape index (κ1) is 22.2. The Balaban J connectivity index is 1.43. The van der Waals surface area contributed by atoms with Gasteiger partial charge in [0.15, 0.2) is 5.16 Å². The molecule has 0 aliphatic heterocycles. The molecule has 0 saturated carbocycles. The first-order valence-electron chi connectivity index (χ1n) is 11.4. The molecule has 176 valence electrons. The molecule has 0 radical (unpaired) electrons. The van der Waals surface area contributed by atoms with Crippen LogP contribution >= 0.6 is 23.1 Å². The third kappa shape index (κ3) is 4.08. The minimum Gasteiger partial charge on any atom is -0.420 e. The van der Waals surface area contributed by atoms with Crippen molar-refractivity contribution in [3.8, 4) is 17.1 Å². The first-order chi connectivity index (χ1) is 17.1. The topological polar surface area (TPSA) is 73.8 Å². The molecule has 1 atom stereocenters. The van der Waals surface area contributed by atoms with Crippen LogP contribution in [0.5, 0.6) is 0 Å². The number of hydrogen-bond acceptors (Lipinski definition) is 7. The van der Waals surface area contributed by atoms with Crippen LogP contribution in [0, 0.1) is 11.7 Å². The summed E-state index contributed by atoms with van der Waals surface area (Å²) < 4.78 is 22.1. The third-order valence-corrected chi connectivity index (χ3v) is 8.28. The fourth-order valence-electron chi connectivity index (χ4n) is 4.45. The maximum absolute atomic E-state index is 14.9. The molecule has 0 saturated heterocycles. The quantitative estimate of drug-likeness (QED) is 0.214. The van der Waals surface area contributed by atoms with Crippen LogP contribution in [0.15, 0.2) is 69.0 Å². The molecule has 3 heterocycles. The molecule has 0 bridgehead atoms. The molecule has 0 N–H and O–H groups in total. The lowest BCUT2D eigenvalue weighted by Crippen LogP contribution is -2.23. The van der Waals surface area contributed by atoms with Crippen LogP contribution in [0.2, 0.25) is 0 Å². The van der Waals surface area contributed by atoms with E-state index in [-0.39, 0.29) is 11.2 Å². The number of thioether (sulfide) groups is 1. The van der Waals surface area contributed by atoms with Crippen molar-refractivity contribution in [3.05, 3.63) is 87.1 Å². The van der Waals surface area contributed by atoms with E-state index in [4.69, 9.17) is 9.40 Å². The van der Waals surface area contributed by atoms with Crippen molar-refractivity contribution in [1.29, 1.82) is 0 Å². The molecule has 0 spiro atoms. The number of thiophene rings is 1. The molecule has 0 amide bonds. The maximum Gasteiger partial charge on any atom is 0.267 e. The molecule has 6 nitrogen and oxygen atoms in total. The zero-order valence-electron chi connectivity index (χ0n) is 18.9. The normalized spacial score (nSPS) is 15.4. The maximum atomic E-state index is 14.9. The van der Waals surface area contributed by atoms with Crippen LogP contribution in [-0.4, -0.2) is 19.7 Å². The summed E-state index contributed by atoms with van der Waals surface area (Å²) in [5.41, 5.74) is 1.86. The van der Waals surface area contributed by atoms with Gasteiger partial charge in [0.25, 0.3) is 5.56 Å². The zero-order valence-corrected chi connectivity index (χ0v) is 20.5. The lowest BCUT2D eigenvalue weighted by atomic mass is 9.89. The minimum absolute atomic E-state index is 0.189. The third-order valence-electron chi connectivity index (χ3n) is 6.20. The zero-order chi connectivity index (χ0) is 23.9. The number of aromatic nitrogens is 4. The van der Waals surface area contributed by atoms with Gasteiger partial charge in [-0.1, -0.05) is 49.0 Å². The fraction of sp³-hybridized carbons (Fsp3) is 0.231. The van der Waals surface area contributed by atoms with E-state index in [1.807, 2.05) is 30.3 Å². The Kier molecular flexibility index (Phi) is 5.74.